The van der Waals surface area contributed by atoms with Gasteiger partial charge < -0.3 is 14.7 Å². The van der Waals surface area contributed by atoms with Crippen LogP contribution in [0.1, 0.15) is 19.2 Å². The van der Waals surface area contributed by atoms with Crippen molar-refractivity contribution in [3.8, 4) is 0 Å². The lowest BCUT2D eigenvalue weighted by Gasteiger charge is -2.18. The van der Waals surface area contributed by atoms with Crippen molar-refractivity contribution in [1.82, 2.24) is 14.9 Å². The molecule has 0 fully saturated rings. The summed E-state index contributed by atoms with van der Waals surface area (Å²) >= 11 is 5.94. The van der Waals surface area contributed by atoms with Gasteiger partial charge in [-0.1, -0.05) is 16.8 Å². The first-order valence-corrected chi connectivity index (χ1v) is 6.99. The highest BCUT2D eigenvalue weighted by Gasteiger charge is 2.29. The predicted octanol–water partition coefficient (Wildman–Crippen LogP) is 2.34. The van der Waals surface area contributed by atoms with Crippen LogP contribution in [0, 0.1) is 0 Å². The van der Waals surface area contributed by atoms with E-state index in [-0.39, 0.29) is 5.91 Å². The Kier molecular flexibility index (Phi) is 3.55. The van der Waals surface area contributed by atoms with Crippen LogP contribution in [-0.4, -0.2) is 39.6 Å². The van der Waals surface area contributed by atoms with Crippen molar-refractivity contribution in [2.24, 2.45) is 5.16 Å². The molecule has 2 aromatic rings. The van der Waals surface area contributed by atoms with E-state index in [2.05, 4.69) is 15.1 Å². The minimum atomic E-state index is -0.520. The van der Waals surface area contributed by atoms with Crippen LogP contribution in [0.4, 0.5) is 0 Å². The number of nitrogens with zero attached hydrogens (tertiary/aromatic N) is 3. The van der Waals surface area contributed by atoms with Gasteiger partial charge in [0.25, 0.3) is 5.91 Å². The van der Waals surface area contributed by atoms with Crippen LogP contribution in [0.5, 0.6) is 0 Å². The van der Waals surface area contributed by atoms with Crippen LogP contribution in [0.25, 0.3) is 11.0 Å². The zero-order chi connectivity index (χ0) is 15.0. The minimum Gasteiger partial charge on any atom is -0.382 e. The van der Waals surface area contributed by atoms with Crippen molar-refractivity contribution < 1.29 is 9.63 Å². The number of aromatic amines is 1. The second kappa shape index (κ2) is 5.37. The summed E-state index contributed by atoms with van der Waals surface area (Å²) in [6, 6.07) is 5.44. The second-order valence-corrected chi connectivity index (χ2v) is 5.60. The largest absolute Gasteiger partial charge is 0.382 e. The fourth-order valence-electron chi connectivity index (χ4n) is 2.29. The third kappa shape index (κ3) is 2.85. The fourth-order valence-corrected chi connectivity index (χ4v) is 2.46. The van der Waals surface area contributed by atoms with Gasteiger partial charge in [-0.3, -0.25) is 4.79 Å². The second-order valence-electron chi connectivity index (χ2n) is 5.16. The highest BCUT2D eigenvalue weighted by molar-refractivity contribution is 6.31. The van der Waals surface area contributed by atoms with E-state index in [9.17, 15) is 4.79 Å². The quantitative estimate of drug-likeness (QED) is 0.946. The lowest BCUT2D eigenvalue weighted by Crippen LogP contribution is -2.36. The van der Waals surface area contributed by atoms with Crippen LogP contribution in [0.15, 0.2) is 23.4 Å². The van der Waals surface area contributed by atoms with Crippen LogP contribution in [0.3, 0.4) is 0 Å². The lowest BCUT2D eigenvalue weighted by molar-refractivity contribution is -0.141. The first-order chi connectivity index (χ1) is 10.0. The molecule has 6 nitrogen and oxygen atoms in total. The number of carbonyl (C=O) groups is 1. The summed E-state index contributed by atoms with van der Waals surface area (Å²) in [5, 5.41) is 4.45. The molecule has 1 N–H and O–H groups in total. The van der Waals surface area contributed by atoms with E-state index in [0.29, 0.717) is 23.8 Å². The summed E-state index contributed by atoms with van der Waals surface area (Å²) in [5.41, 5.74) is 2.52. The summed E-state index contributed by atoms with van der Waals surface area (Å²) in [6.07, 6.45) is 0.0210. The molecule has 1 unspecified atom stereocenters. The van der Waals surface area contributed by atoms with Gasteiger partial charge >= 0.3 is 0 Å². The smallest absolute Gasteiger partial charge is 0.267 e. The first-order valence-electron chi connectivity index (χ1n) is 6.61. The number of benzene rings is 1. The number of hydrogen-bond acceptors (Lipinski definition) is 4. The average molecular weight is 307 g/mol. The van der Waals surface area contributed by atoms with Crippen molar-refractivity contribution in [1.29, 1.82) is 0 Å². The van der Waals surface area contributed by atoms with Gasteiger partial charge in [-0.2, -0.15) is 0 Å². The molecule has 7 heteroatoms. The van der Waals surface area contributed by atoms with Gasteiger partial charge in [-0.25, -0.2) is 4.98 Å². The number of oxime groups is 1. The van der Waals surface area contributed by atoms with E-state index >= 15 is 0 Å². The number of nitrogens with one attached hydrogen (secondary N) is 1. The molecule has 3 rings (SSSR count). The molecule has 0 saturated heterocycles. The van der Waals surface area contributed by atoms with E-state index < -0.39 is 6.10 Å². The molecule has 1 amide bonds. The number of imidazole rings is 1. The van der Waals surface area contributed by atoms with E-state index in [1.807, 2.05) is 19.1 Å². The number of hydrogen-bond donors (Lipinski definition) is 1. The zero-order valence-electron chi connectivity index (χ0n) is 11.8. The Bertz CT molecular complexity index is 725. The predicted molar refractivity (Wildman–Crippen MR) is 80.2 cm³/mol. The van der Waals surface area contributed by atoms with Crippen molar-refractivity contribution in [2.45, 2.75) is 26.0 Å². The third-order valence-electron chi connectivity index (χ3n) is 3.35. The fraction of sp³-hybridized carbons (Fsp3) is 0.357. The molecule has 110 valence electrons. The number of halogens is 1. The van der Waals surface area contributed by atoms with Crippen LogP contribution < -0.4 is 0 Å². The molecule has 1 aliphatic heterocycles. The van der Waals surface area contributed by atoms with Gasteiger partial charge in [-0.15, -0.1) is 0 Å². The summed E-state index contributed by atoms with van der Waals surface area (Å²) < 4.78 is 0. The Balaban J connectivity index is 1.71. The van der Waals surface area contributed by atoms with E-state index in [4.69, 9.17) is 16.4 Å². The summed E-state index contributed by atoms with van der Waals surface area (Å²) in [5.74, 6) is 0.604. The average Bonchev–Trinajstić information content (AvgIpc) is 3.03. The SMILES string of the molecule is CC1=NOC(C(=O)N(C)Cc2nc3ccc(Cl)cc3[nH]2)C1. The maximum atomic E-state index is 12.2. The standard InChI is InChI=1S/C14H15ClN4O2/c1-8-5-12(21-18-8)14(20)19(2)7-13-16-10-4-3-9(15)6-11(10)17-13/h3-4,6,12H,5,7H2,1-2H3,(H,16,17). The molecular formula is C14H15ClN4O2. The van der Waals surface area contributed by atoms with Gasteiger partial charge in [0.05, 0.1) is 23.3 Å². The topological polar surface area (TPSA) is 70.6 Å². The summed E-state index contributed by atoms with van der Waals surface area (Å²) in [6.45, 7) is 2.22. The molecule has 2 heterocycles. The highest BCUT2D eigenvalue weighted by Crippen LogP contribution is 2.18. The molecule has 0 bridgehead atoms. The summed E-state index contributed by atoms with van der Waals surface area (Å²) in [4.78, 5) is 26.5. The van der Waals surface area contributed by atoms with Gasteiger partial charge in [0.1, 0.15) is 5.82 Å². The van der Waals surface area contributed by atoms with Crippen molar-refractivity contribution in [2.75, 3.05) is 7.05 Å². The van der Waals surface area contributed by atoms with Gasteiger partial charge in [-0.05, 0) is 25.1 Å². The molecule has 0 spiro atoms. The first kappa shape index (κ1) is 13.9. The van der Waals surface area contributed by atoms with Crippen LogP contribution >= 0.6 is 11.6 Å². The minimum absolute atomic E-state index is 0.103. The zero-order valence-corrected chi connectivity index (χ0v) is 12.5. The van der Waals surface area contributed by atoms with E-state index in [1.165, 1.54) is 0 Å². The molecule has 21 heavy (non-hydrogen) atoms. The van der Waals surface area contributed by atoms with E-state index in [1.54, 1.807) is 18.0 Å². The van der Waals surface area contributed by atoms with Gasteiger partial charge in [0, 0.05) is 18.5 Å². The number of fused-ring (bicyclic) bond motifs is 1. The maximum absolute atomic E-state index is 12.2. The maximum Gasteiger partial charge on any atom is 0.267 e. The molecule has 0 saturated carbocycles. The molecule has 0 aliphatic carbocycles. The Morgan fingerprint density at radius 3 is 3.10 bits per heavy atom. The number of amides is 1. The van der Waals surface area contributed by atoms with Crippen molar-refractivity contribution >= 4 is 34.3 Å². The Labute approximate surface area is 126 Å². The molecule has 1 aromatic heterocycles. The number of likely N-dealkylation sites (N-methyl/N-ethyl adjacent to an activating group) is 1. The normalized spacial score (nSPS) is 17.7. The molecule has 1 aliphatic rings. The molecule has 1 atom stereocenters. The van der Waals surface area contributed by atoms with Crippen LogP contribution in [0.2, 0.25) is 5.02 Å². The Hall–Kier alpha value is -2.08. The Morgan fingerprint density at radius 2 is 2.38 bits per heavy atom. The van der Waals surface area contributed by atoms with Gasteiger partial charge in [0.2, 0.25) is 6.10 Å². The Morgan fingerprint density at radius 1 is 1.57 bits per heavy atom. The molecular weight excluding hydrogens is 292 g/mol. The number of H-pyrrole nitrogens is 1. The molecule has 0 radical (unpaired) electrons. The highest BCUT2D eigenvalue weighted by atomic mass is 35.5. The number of carbonyl (C=O) groups excluding carboxylic acids is 1. The van der Waals surface area contributed by atoms with E-state index in [0.717, 1.165) is 16.7 Å². The number of rotatable bonds is 3. The lowest BCUT2D eigenvalue weighted by atomic mass is 10.2. The van der Waals surface area contributed by atoms with Crippen molar-refractivity contribution in [3.05, 3.63) is 29.0 Å². The monoisotopic (exact) mass is 306 g/mol. The summed E-state index contributed by atoms with van der Waals surface area (Å²) in [7, 11) is 1.72. The molecule has 1 aromatic carbocycles. The number of aromatic nitrogens is 2. The third-order valence-corrected chi connectivity index (χ3v) is 3.58. The van der Waals surface area contributed by atoms with Crippen LogP contribution in [-0.2, 0) is 16.2 Å². The van der Waals surface area contributed by atoms with Gasteiger partial charge in [0.15, 0.2) is 0 Å². The van der Waals surface area contributed by atoms with Crippen molar-refractivity contribution in [3.63, 3.8) is 0 Å².